The van der Waals surface area contributed by atoms with Crippen LogP contribution >= 0.6 is 0 Å². The van der Waals surface area contributed by atoms with Crippen molar-refractivity contribution in [1.29, 1.82) is 0 Å². The fraction of sp³-hybridized carbons (Fsp3) is 0.222. The molecule has 1 heterocycles. The molecule has 0 spiro atoms. The third kappa shape index (κ3) is 6.51. The Morgan fingerprint density at radius 1 is 0.769 bits per heavy atom. The van der Waals surface area contributed by atoms with Crippen LogP contribution in [0.4, 0.5) is 0 Å². The number of aromatic hydroxyl groups is 5. The first-order valence-electron chi connectivity index (χ1n) is 11.6. The fourth-order valence-electron chi connectivity index (χ4n) is 3.81. The second-order valence-electron chi connectivity index (χ2n) is 8.78. The van der Waals surface area contributed by atoms with E-state index < -0.39 is 60.5 Å². The van der Waals surface area contributed by atoms with Gasteiger partial charge in [-0.05, 0) is 47.5 Å². The Kier molecular flexibility index (Phi) is 8.12. The largest absolute Gasteiger partial charge is 0.508 e. The van der Waals surface area contributed by atoms with Crippen molar-refractivity contribution in [2.45, 2.75) is 30.7 Å². The van der Waals surface area contributed by atoms with Gasteiger partial charge in [0.2, 0.25) is 6.29 Å². The Hall–Kier alpha value is -4.49. The zero-order valence-electron chi connectivity index (χ0n) is 20.2. The summed E-state index contributed by atoms with van der Waals surface area (Å²) in [5.74, 6) is -3.24. The summed E-state index contributed by atoms with van der Waals surface area (Å²) < 4.78 is 16.2. The molecule has 1 fully saturated rings. The molecule has 5 atom stereocenters. The van der Waals surface area contributed by atoms with Crippen molar-refractivity contribution >= 4 is 18.1 Å². The van der Waals surface area contributed by atoms with E-state index in [1.807, 2.05) is 0 Å². The van der Waals surface area contributed by atoms with Crippen LogP contribution in [0.1, 0.15) is 21.5 Å². The van der Waals surface area contributed by atoms with E-state index >= 15 is 0 Å². The average Bonchev–Trinajstić information content (AvgIpc) is 2.90. The lowest BCUT2D eigenvalue weighted by atomic mass is 9.99. The molecule has 0 bridgehead atoms. The van der Waals surface area contributed by atoms with Crippen LogP contribution in [-0.4, -0.2) is 84.1 Å². The average molecular weight is 542 g/mol. The molecule has 0 unspecified atom stereocenters. The molecule has 1 aliphatic heterocycles. The van der Waals surface area contributed by atoms with Gasteiger partial charge in [0.15, 0.2) is 17.2 Å². The lowest BCUT2D eigenvalue weighted by Crippen LogP contribution is -2.60. The van der Waals surface area contributed by atoms with Crippen LogP contribution in [-0.2, 0) is 9.47 Å². The maximum absolute atomic E-state index is 12.3. The van der Waals surface area contributed by atoms with Crippen molar-refractivity contribution in [3.63, 3.8) is 0 Å². The number of rotatable bonds is 7. The van der Waals surface area contributed by atoms with E-state index in [9.17, 15) is 45.6 Å². The highest BCUT2D eigenvalue weighted by molar-refractivity contribution is 5.91. The zero-order valence-corrected chi connectivity index (χ0v) is 20.2. The van der Waals surface area contributed by atoms with E-state index in [0.29, 0.717) is 5.56 Å². The van der Waals surface area contributed by atoms with Crippen LogP contribution in [0.2, 0.25) is 0 Å². The summed E-state index contributed by atoms with van der Waals surface area (Å²) in [4.78, 5) is 12.3. The minimum Gasteiger partial charge on any atom is -0.508 e. The number of phenols is 5. The molecule has 39 heavy (non-hydrogen) atoms. The van der Waals surface area contributed by atoms with E-state index in [2.05, 4.69) is 0 Å². The maximum atomic E-state index is 12.3. The fourth-order valence-corrected chi connectivity index (χ4v) is 3.81. The molecule has 1 saturated heterocycles. The Morgan fingerprint density at radius 2 is 1.36 bits per heavy atom. The van der Waals surface area contributed by atoms with Gasteiger partial charge in [-0.2, -0.15) is 0 Å². The predicted octanol–water partition coefficient (Wildman–Crippen LogP) is 1.43. The number of esters is 1. The Morgan fingerprint density at radius 3 is 1.97 bits per heavy atom. The molecule has 8 N–H and O–H groups in total. The monoisotopic (exact) mass is 542 g/mol. The van der Waals surface area contributed by atoms with Crippen molar-refractivity contribution in [1.82, 2.24) is 0 Å². The minimum absolute atomic E-state index is 0.0799. The van der Waals surface area contributed by atoms with E-state index in [1.54, 1.807) is 36.4 Å². The number of hydrogen-bond donors (Lipinski definition) is 8. The number of phenolic OH excluding ortho intramolecular Hbond substituents is 5. The summed E-state index contributed by atoms with van der Waals surface area (Å²) in [7, 11) is 0. The zero-order chi connectivity index (χ0) is 28.3. The van der Waals surface area contributed by atoms with Gasteiger partial charge >= 0.3 is 5.97 Å². The molecular weight excluding hydrogens is 516 g/mol. The van der Waals surface area contributed by atoms with Crippen molar-refractivity contribution < 1.29 is 59.9 Å². The highest BCUT2D eigenvalue weighted by Crippen LogP contribution is 2.35. The topological polar surface area (TPSA) is 207 Å². The standard InChI is InChI=1S/C27H26O12/c28-16-7-14(8-17(29)11-16)2-1-13-3-5-18(6-4-13)38-27-25(35)24(34)23(33)21(39-27)12-37-26(36)15-9-19(30)22(32)20(31)10-15/h1-11,21,23-25,27-35H,12H2/t21-,23-,24+,25-,27-/m1/s1. The summed E-state index contributed by atoms with van der Waals surface area (Å²) in [6, 6.07) is 12.4. The van der Waals surface area contributed by atoms with Crippen LogP contribution in [0.3, 0.4) is 0 Å². The van der Waals surface area contributed by atoms with Crippen molar-refractivity contribution in [2.24, 2.45) is 0 Å². The molecule has 1 aliphatic rings. The third-order valence-electron chi connectivity index (χ3n) is 5.88. The number of benzene rings is 3. The Bertz CT molecular complexity index is 1310. The number of aliphatic hydroxyl groups is 3. The quantitative estimate of drug-likeness (QED) is 0.121. The number of aliphatic hydroxyl groups excluding tert-OH is 3. The van der Waals surface area contributed by atoms with Crippen molar-refractivity contribution in [3.8, 4) is 34.5 Å². The number of hydrogen-bond acceptors (Lipinski definition) is 12. The van der Waals surface area contributed by atoms with Gasteiger partial charge in [0, 0.05) is 6.07 Å². The van der Waals surface area contributed by atoms with E-state index in [4.69, 9.17) is 14.2 Å². The van der Waals surface area contributed by atoms with Gasteiger partial charge in [-0.15, -0.1) is 0 Å². The third-order valence-corrected chi connectivity index (χ3v) is 5.88. The van der Waals surface area contributed by atoms with E-state index in [1.165, 1.54) is 18.2 Å². The smallest absolute Gasteiger partial charge is 0.338 e. The first kappa shape index (κ1) is 27.5. The van der Waals surface area contributed by atoms with Crippen LogP contribution in [0.15, 0.2) is 54.6 Å². The van der Waals surface area contributed by atoms with Gasteiger partial charge in [0.05, 0.1) is 5.56 Å². The molecule has 3 aromatic carbocycles. The highest BCUT2D eigenvalue weighted by atomic mass is 16.7. The van der Waals surface area contributed by atoms with Crippen LogP contribution in [0.25, 0.3) is 12.2 Å². The summed E-state index contributed by atoms with van der Waals surface area (Å²) in [5, 5.41) is 78.6. The number of ether oxygens (including phenoxy) is 3. The molecule has 0 saturated carbocycles. The normalized spacial score (nSPS) is 23.0. The lowest BCUT2D eigenvalue weighted by Gasteiger charge is -2.39. The molecule has 3 aromatic rings. The van der Waals surface area contributed by atoms with Crippen molar-refractivity contribution in [3.05, 3.63) is 71.3 Å². The van der Waals surface area contributed by atoms with E-state index in [-0.39, 0.29) is 22.8 Å². The molecule has 12 heteroatoms. The molecular formula is C27H26O12. The number of carbonyl (C=O) groups is 1. The molecule has 0 radical (unpaired) electrons. The van der Waals surface area contributed by atoms with E-state index in [0.717, 1.165) is 17.7 Å². The molecule has 0 aromatic heterocycles. The molecule has 0 amide bonds. The molecule has 4 rings (SSSR count). The molecule has 12 nitrogen and oxygen atoms in total. The first-order valence-corrected chi connectivity index (χ1v) is 11.6. The maximum Gasteiger partial charge on any atom is 0.338 e. The Balaban J connectivity index is 1.38. The summed E-state index contributed by atoms with van der Waals surface area (Å²) in [6.07, 6.45) is -4.33. The predicted molar refractivity (Wildman–Crippen MR) is 134 cm³/mol. The van der Waals surface area contributed by atoms with Crippen LogP contribution in [0.5, 0.6) is 34.5 Å². The van der Waals surface area contributed by atoms with Gasteiger partial charge < -0.3 is 55.1 Å². The summed E-state index contributed by atoms with van der Waals surface area (Å²) >= 11 is 0. The SMILES string of the molecule is O=C(OC[C@H]1O[C@@H](Oc2ccc(C=Cc3cc(O)cc(O)c3)cc2)[C@H](O)[C@@H](O)[C@@H]1O)c1cc(O)c(O)c(O)c1. The van der Waals surface area contributed by atoms with Crippen molar-refractivity contribution in [2.75, 3.05) is 6.61 Å². The summed E-state index contributed by atoms with van der Waals surface area (Å²) in [6.45, 7) is -0.583. The second-order valence-corrected chi connectivity index (χ2v) is 8.78. The first-order chi connectivity index (χ1) is 18.5. The minimum atomic E-state index is -1.70. The molecule has 206 valence electrons. The van der Waals surface area contributed by atoms with Crippen LogP contribution < -0.4 is 4.74 Å². The number of carbonyl (C=O) groups excluding carboxylic acids is 1. The van der Waals surface area contributed by atoms with Gasteiger partial charge in [-0.25, -0.2) is 4.79 Å². The second kappa shape index (κ2) is 11.5. The molecule has 0 aliphatic carbocycles. The summed E-state index contributed by atoms with van der Waals surface area (Å²) in [5.41, 5.74) is 1.02. The van der Waals surface area contributed by atoms with Gasteiger partial charge in [-0.1, -0.05) is 24.3 Å². The van der Waals surface area contributed by atoms with Crippen LogP contribution in [0, 0.1) is 0 Å². The highest BCUT2D eigenvalue weighted by Gasteiger charge is 2.45. The Labute approximate surface area is 221 Å². The van der Waals surface area contributed by atoms with Gasteiger partial charge in [0.25, 0.3) is 0 Å². The lowest BCUT2D eigenvalue weighted by molar-refractivity contribution is -0.277. The van der Waals surface area contributed by atoms with Gasteiger partial charge in [0.1, 0.15) is 48.3 Å². The van der Waals surface area contributed by atoms with Gasteiger partial charge in [-0.3, -0.25) is 0 Å².